The number of hydrogen-bond acceptors (Lipinski definition) is 4. The third-order valence-electron chi connectivity index (χ3n) is 3.28. The molecule has 1 unspecified atom stereocenters. The number of nitrogens with zero attached hydrogens (tertiary/aromatic N) is 1. The minimum Gasteiger partial charge on any atom is -0.394 e. The molecule has 1 aromatic rings. The second-order valence-electron chi connectivity index (χ2n) is 4.50. The summed E-state index contributed by atoms with van der Waals surface area (Å²) in [6.45, 7) is 0.139. The Morgan fingerprint density at radius 1 is 1.38 bits per heavy atom. The summed E-state index contributed by atoms with van der Waals surface area (Å²) >= 11 is 1.59. The SMILES string of the molecule is OCC(NC1CCCCCC1)c1cscn1. The molecule has 1 aliphatic carbocycles. The summed E-state index contributed by atoms with van der Waals surface area (Å²) in [7, 11) is 0. The van der Waals surface area contributed by atoms with Crippen LogP contribution in [0.15, 0.2) is 10.9 Å². The Labute approximate surface area is 101 Å². The van der Waals surface area contributed by atoms with Gasteiger partial charge >= 0.3 is 0 Å². The fraction of sp³-hybridized carbons (Fsp3) is 0.750. The number of hydrogen-bond donors (Lipinski definition) is 2. The first kappa shape index (κ1) is 12.0. The van der Waals surface area contributed by atoms with E-state index in [1.165, 1.54) is 38.5 Å². The zero-order valence-electron chi connectivity index (χ0n) is 9.56. The lowest BCUT2D eigenvalue weighted by Crippen LogP contribution is -2.34. The van der Waals surface area contributed by atoms with Crippen molar-refractivity contribution < 1.29 is 5.11 Å². The molecule has 2 N–H and O–H groups in total. The molecule has 90 valence electrons. The Morgan fingerprint density at radius 2 is 2.12 bits per heavy atom. The molecule has 0 saturated heterocycles. The zero-order chi connectivity index (χ0) is 11.2. The monoisotopic (exact) mass is 240 g/mol. The van der Waals surface area contributed by atoms with Crippen LogP contribution in [0, 0.1) is 0 Å². The minimum atomic E-state index is 0.0225. The lowest BCUT2D eigenvalue weighted by Gasteiger charge is -2.22. The van der Waals surface area contributed by atoms with Crippen LogP contribution in [0.5, 0.6) is 0 Å². The largest absolute Gasteiger partial charge is 0.394 e. The molecular formula is C12H20N2OS. The molecule has 0 aliphatic heterocycles. The highest BCUT2D eigenvalue weighted by atomic mass is 32.1. The molecular weight excluding hydrogens is 220 g/mol. The maximum absolute atomic E-state index is 9.40. The van der Waals surface area contributed by atoms with Crippen LogP contribution in [0.4, 0.5) is 0 Å². The standard InChI is InChI=1S/C12H20N2OS/c15-7-11(12-8-16-9-13-12)14-10-5-3-1-2-4-6-10/h8-11,14-15H,1-7H2. The van der Waals surface area contributed by atoms with Crippen molar-refractivity contribution >= 4 is 11.3 Å². The quantitative estimate of drug-likeness (QED) is 0.795. The molecule has 16 heavy (non-hydrogen) atoms. The van der Waals surface area contributed by atoms with Crippen LogP contribution < -0.4 is 5.32 Å². The van der Waals surface area contributed by atoms with Crippen molar-refractivity contribution in [1.29, 1.82) is 0 Å². The lowest BCUT2D eigenvalue weighted by atomic mass is 10.1. The fourth-order valence-corrected chi connectivity index (χ4v) is 2.96. The van der Waals surface area contributed by atoms with E-state index in [2.05, 4.69) is 10.3 Å². The predicted octanol–water partition coefficient (Wildman–Crippen LogP) is 2.49. The molecule has 0 radical (unpaired) electrons. The van der Waals surface area contributed by atoms with E-state index in [-0.39, 0.29) is 12.6 Å². The summed E-state index contributed by atoms with van der Waals surface area (Å²) in [6, 6.07) is 0.579. The molecule has 1 aliphatic rings. The Bertz CT molecular complexity index is 281. The van der Waals surface area contributed by atoms with Gasteiger partial charge in [0.15, 0.2) is 0 Å². The van der Waals surface area contributed by atoms with Gasteiger partial charge in [0, 0.05) is 11.4 Å². The molecule has 4 heteroatoms. The van der Waals surface area contributed by atoms with E-state index < -0.39 is 0 Å². The van der Waals surface area contributed by atoms with Crippen molar-refractivity contribution in [2.45, 2.75) is 50.6 Å². The van der Waals surface area contributed by atoms with Gasteiger partial charge < -0.3 is 10.4 Å². The lowest BCUT2D eigenvalue weighted by molar-refractivity contribution is 0.226. The van der Waals surface area contributed by atoms with Crippen LogP contribution in [0.2, 0.25) is 0 Å². The van der Waals surface area contributed by atoms with E-state index >= 15 is 0 Å². The Kier molecular flexibility index (Phi) is 4.75. The first-order valence-electron chi connectivity index (χ1n) is 6.15. The van der Waals surface area contributed by atoms with E-state index in [0.29, 0.717) is 6.04 Å². The molecule has 0 spiro atoms. The molecule has 0 aromatic carbocycles. The summed E-state index contributed by atoms with van der Waals surface area (Å²) in [4.78, 5) is 4.27. The van der Waals surface area contributed by atoms with Gasteiger partial charge in [0.2, 0.25) is 0 Å². The molecule has 2 rings (SSSR count). The van der Waals surface area contributed by atoms with Crippen molar-refractivity contribution in [3.63, 3.8) is 0 Å². The van der Waals surface area contributed by atoms with Crippen LogP contribution in [-0.2, 0) is 0 Å². The number of thiazole rings is 1. The Hall–Kier alpha value is -0.450. The molecule has 1 aromatic heterocycles. The summed E-state index contributed by atoms with van der Waals surface area (Å²) < 4.78 is 0. The van der Waals surface area contributed by atoms with Crippen LogP contribution in [-0.4, -0.2) is 22.7 Å². The minimum absolute atomic E-state index is 0.0225. The van der Waals surface area contributed by atoms with Crippen LogP contribution in [0.1, 0.15) is 50.3 Å². The highest BCUT2D eigenvalue weighted by Crippen LogP contribution is 2.21. The maximum Gasteiger partial charge on any atom is 0.0795 e. The van der Waals surface area contributed by atoms with E-state index in [9.17, 15) is 5.11 Å². The molecule has 1 fully saturated rings. The Balaban J connectivity index is 1.90. The smallest absolute Gasteiger partial charge is 0.0795 e. The highest BCUT2D eigenvalue weighted by Gasteiger charge is 2.18. The van der Waals surface area contributed by atoms with Gasteiger partial charge in [-0.05, 0) is 12.8 Å². The number of aromatic nitrogens is 1. The van der Waals surface area contributed by atoms with Crippen molar-refractivity contribution in [2.75, 3.05) is 6.61 Å². The summed E-state index contributed by atoms with van der Waals surface area (Å²) in [5.41, 5.74) is 2.81. The van der Waals surface area contributed by atoms with E-state index in [4.69, 9.17) is 0 Å². The van der Waals surface area contributed by atoms with Gasteiger partial charge in [-0.2, -0.15) is 0 Å². The van der Waals surface area contributed by atoms with E-state index in [1.807, 2.05) is 10.9 Å². The third-order valence-corrected chi connectivity index (χ3v) is 3.89. The van der Waals surface area contributed by atoms with Crippen LogP contribution in [0.25, 0.3) is 0 Å². The van der Waals surface area contributed by atoms with Crippen LogP contribution in [0.3, 0.4) is 0 Å². The fourth-order valence-electron chi connectivity index (χ4n) is 2.36. The topological polar surface area (TPSA) is 45.1 Å². The van der Waals surface area contributed by atoms with Gasteiger partial charge in [0.25, 0.3) is 0 Å². The average Bonchev–Trinajstić information content (AvgIpc) is 2.71. The van der Waals surface area contributed by atoms with Gasteiger partial charge in [-0.3, -0.25) is 0 Å². The zero-order valence-corrected chi connectivity index (χ0v) is 10.4. The average molecular weight is 240 g/mol. The van der Waals surface area contributed by atoms with Gasteiger partial charge in [0.05, 0.1) is 23.9 Å². The van der Waals surface area contributed by atoms with Gasteiger partial charge in [-0.1, -0.05) is 25.7 Å². The molecule has 3 nitrogen and oxygen atoms in total. The summed E-state index contributed by atoms with van der Waals surface area (Å²) in [5.74, 6) is 0. The predicted molar refractivity (Wildman–Crippen MR) is 66.6 cm³/mol. The number of aliphatic hydroxyl groups is 1. The molecule has 1 heterocycles. The normalized spacial score (nSPS) is 20.6. The number of aliphatic hydroxyl groups excluding tert-OH is 1. The summed E-state index contributed by atoms with van der Waals surface area (Å²) in [5, 5.41) is 15.0. The molecule has 1 atom stereocenters. The number of rotatable bonds is 4. The van der Waals surface area contributed by atoms with Gasteiger partial charge in [-0.25, -0.2) is 4.98 Å². The van der Waals surface area contributed by atoms with Gasteiger partial charge in [0.1, 0.15) is 0 Å². The third kappa shape index (κ3) is 3.27. The van der Waals surface area contributed by atoms with Crippen molar-refractivity contribution in [1.82, 2.24) is 10.3 Å². The van der Waals surface area contributed by atoms with Gasteiger partial charge in [-0.15, -0.1) is 11.3 Å². The van der Waals surface area contributed by atoms with E-state index in [1.54, 1.807) is 11.3 Å². The first-order valence-corrected chi connectivity index (χ1v) is 7.09. The molecule has 1 saturated carbocycles. The highest BCUT2D eigenvalue weighted by molar-refractivity contribution is 7.07. The molecule has 0 amide bonds. The van der Waals surface area contributed by atoms with Crippen molar-refractivity contribution in [3.05, 3.63) is 16.6 Å². The number of nitrogens with one attached hydrogen (secondary N) is 1. The Morgan fingerprint density at radius 3 is 2.69 bits per heavy atom. The first-order chi connectivity index (χ1) is 7.90. The van der Waals surface area contributed by atoms with Crippen molar-refractivity contribution in [2.24, 2.45) is 0 Å². The van der Waals surface area contributed by atoms with E-state index in [0.717, 1.165) is 5.69 Å². The summed E-state index contributed by atoms with van der Waals surface area (Å²) in [6.07, 6.45) is 7.82. The maximum atomic E-state index is 9.40. The second-order valence-corrected chi connectivity index (χ2v) is 5.22. The molecule has 0 bridgehead atoms. The van der Waals surface area contributed by atoms with Crippen molar-refractivity contribution in [3.8, 4) is 0 Å². The van der Waals surface area contributed by atoms with Crippen LogP contribution >= 0.6 is 11.3 Å². The second kappa shape index (κ2) is 6.33.